The molecule has 0 saturated heterocycles. The third-order valence-electron chi connectivity index (χ3n) is 3.09. The molecule has 1 aromatic carbocycles. The molecule has 0 atom stereocenters. The van der Waals surface area contributed by atoms with E-state index in [2.05, 4.69) is 25.5 Å². The molecule has 2 aromatic heterocycles. The average molecular weight is 268 g/mol. The average Bonchev–Trinajstić information content (AvgIpc) is 2.95. The van der Waals surface area contributed by atoms with Crippen molar-refractivity contribution in [2.24, 2.45) is 0 Å². The monoisotopic (exact) mass is 268 g/mol. The molecule has 20 heavy (non-hydrogen) atoms. The Labute approximate surface area is 116 Å². The summed E-state index contributed by atoms with van der Waals surface area (Å²) in [6, 6.07) is 10.1. The molecule has 3 rings (SSSR count). The second kappa shape index (κ2) is 5.16. The molecule has 0 saturated carbocycles. The van der Waals surface area contributed by atoms with Crippen molar-refractivity contribution in [3.63, 3.8) is 0 Å². The summed E-state index contributed by atoms with van der Waals surface area (Å²) in [5.41, 5.74) is 1.80. The number of hydrogen-bond donors (Lipinski definition) is 2. The van der Waals surface area contributed by atoms with Crippen LogP contribution in [0.5, 0.6) is 0 Å². The molecule has 0 radical (unpaired) electrons. The lowest BCUT2D eigenvalue weighted by Crippen LogP contribution is -2.13. The van der Waals surface area contributed by atoms with E-state index in [4.69, 9.17) is 0 Å². The van der Waals surface area contributed by atoms with E-state index >= 15 is 0 Å². The molecule has 0 spiro atoms. The minimum absolute atomic E-state index is 0.599. The molecule has 102 valence electrons. The van der Waals surface area contributed by atoms with Crippen molar-refractivity contribution in [2.45, 2.75) is 6.92 Å². The minimum atomic E-state index is 0.599. The molecule has 2 heterocycles. The van der Waals surface area contributed by atoms with Gasteiger partial charge in [0.25, 0.3) is 0 Å². The Balaban J connectivity index is 2.11. The zero-order valence-electron chi connectivity index (χ0n) is 11.5. The van der Waals surface area contributed by atoms with Crippen LogP contribution in [0.1, 0.15) is 6.92 Å². The Morgan fingerprint density at radius 2 is 2.00 bits per heavy atom. The second-order valence-corrected chi connectivity index (χ2v) is 4.43. The second-order valence-electron chi connectivity index (χ2n) is 4.43. The molecule has 0 aliphatic heterocycles. The van der Waals surface area contributed by atoms with E-state index in [1.165, 1.54) is 0 Å². The van der Waals surface area contributed by atoms with E-state index in [-0.39, 0.29) is 0 Å². The molecular weight excluding hydrogens is 252 g/mol. The lowest BCUT2D eigenvalue weighted by molar-refractivity contribution is 1.05. The van der Waals surface area contributed by atoms with Gasteiger partial charge in [-0.2, -0.15) is 15.1 Å². The quantitative estimate of drug-likeness (QED) is 0.761. The fourth-order valence-corrected chi connectivity index (χ4v) is 2.09. The van der Waals surface area contributed by atoms with Crippen LogP contribution in [0.4, 0.5) is 17.5 Å². The molecule has 0 aliphatic carbocycles. The fraction of sp³-hybridized carbons (Fsp3) is 0.214. The maximum Gasteiger partial charge on any atom is 0.226 e. The van der Waals surface area contributed by atoms with Crippen LogP contribution in [-0.4, -0.2) is 33.8 Å². The van der Waals surface area contributed by atoms with Crippen LogP contribution in [0, 0.1) is 0 Å². The van der Waals surface area contributed by atoms with Gasteiger partial charge < -0.3 is 10.2 Å². The number of para-hydroxylation sites is 1. The lowest BCUT2D eigenvalue weighted by Gasteiger charge is -2.19. The maximum atomic E-state index is 4.58. The topological polar surface area (TPSA) is 69.7 Å². The summed E-state index contributed by atoms with van der Waals surface area (Å²) in [6.45, 7) is 2.79. The molecule has 0 bridgehead atoms. The number of aromatic amines is 1. The van der Waals surface area contributed by atoms with E-state index in [1.807, 2.05) is 49.2 Å². The number of H-pyrrole nitrogens is 1. The van der Waals surface area contributed by atoms with Crippen molar-refractivity contribution < 1.29 is 0 Å². The molecule has 2 N–H and O–H groups in total. The van der Waals surface area contributed by atoms with Crippen LogP contribution >= 0.6 is 0 Å². The van der Waals surface area contributed by atoms with Gasteiger partial charge in [0.15, 0.2) is 5.65 Å². The Morgan fingerprint density at radius 1 is 1.20 bits per heavy atom. The first-order valence-corrected chi connectivity index (χ1v) is 6.53. The molecule has 0 amide bonds. The van der Waals surface area contributed by atoms with Crippen molar-refractivity contribution >= 4 is 28.5 Å². The van der Waals surface area contributed by atoms with Crippen LogP contribution in [0.3, 0.4) is 0 Å². The van der Waals surface area contributed by atoms with Crippen LogP contribution in [0.25, 0.3) is 11.0 Å². The molecule has 0 fully saturated rings. The molecular formula is C14H16N6. The summed E-state index contributed by atoms with van der Waals surface area (Å²) in [5, 5.41) is 11.0. The van der Waals surface area contributed by atoms with Gasteiger partial charge in [-0.1, -0.05) is 18.2 Å². The molecule has 0 unspecified atom stereocenters. The predicted octanol–water partition coefficient (Wildman–Crippen LogP) is 2.55. The number of rotatable bonds is 4. The van der Waals surface area contributed by atoms with Crippen LogP contribution in [-0.2, 0) is 0 Å². The van der Waals surface area contributed by atoms with Gasteiger partial charge in [0.05, 0.1) is 11.6 Å². The van der Waals surface area contributed by atoms with Crippen molar-refractivity contribution in [2.75, 3.05) is 23.8 Å². The van der Waals surface area contributed by atoms with Crippen molar-refractivity contribution in [1.29, 1.82) is 0 Å². The smallest absolute Gasteiger partial charge is 0.226 e. The Hall–Kier alpha value is -2.63. The van der Waals surface area contributed by atoms with Gasteiger partial charge in [0, 0.05) is 19.3 Å². The molecule has 0 aliphatic rings. The van der Waals surface area contributed by atoms with Crippen LogP contribution < -0.4 is 10.2 Å². The van der Waals surface area contributed by atoms with E-state index in [9.17, 15) is 0 Å². The van der Waals surface area contributed by atoms with Gasteiger partial charge >= 0.3 is 0 Å². The number of anilines is 3. The van der Waals surface area contributed by atoms with Gasteiger partial charge in [-0.25, -0.2) is 0 Å². The molecule has 6 nitrogen and oxygen atoms in total. The normalized spacial score (nSPS) is 10.7. The molecule has 6 heteroatoms. The summed E-state index contributed by atoms with van der Waals surface area (Å²) >= 11 is 0. The van der Waals surface area contributed by atoms with Gasteiger partial charge in [0.1, 0.15) is 5.82 Å². The zero-order chi connectivity index (χ0) is 13.9. The zero-order valence-corrected chi connectivity index (χ0v) is 11.5. The number of fused-ring (bicyclic) bond motifs is 1. The summed E-state index contributed by atoms with van der Waals surface area (Å²) < 4.78 is 0. The van der Waals surface area contributed by atoms with Crippen LogP contribution in [0.15, 0.2) is 36.5 Å². The number of nitrogens with one attached hydrogen (secondary N) is 2. The Morgan fingerprint density at radius 3 is 2.75 bits per heavy atom. The third kappa shape index (κ3) is 2.16. The first-order valence-electron chi connectivity index (χ1n) is 6.53. The number of nitrogens with zero attached hydrogens (tertiary/aromatic N) is 4. The fourth-order valence-electron chi connectivity index (χ4n) is 2.09. The minimum Gasteiger partial charge on any atom is -0.354 e. The Bertz CT molecular complexity index is 706. The number of aromatic nitrogens is 4. The van der Waals surface area contributed by atoms with E-state index in [0.717, 1.165) is 29.1 Å². The highest BCUT2D eigenvalue weighted by Crippen LogP contribution is 2.28. The van der Waals surface area contributed by atoms with E-state index in [0.29, 0.717) is 5.95 Å². The predicted molar refractivity (Wildman–Crippen MR) is 80.4 cm³/mol. The van der Waals surface area contributed by atoms with Gasteiger partial charge in [-0.15, -0.1) is 0 Å². The lowest BCUT2D eigenvalue weighted by atomic mass is 10.3. The number of hydrogen-bond acceptors (Lipinski definition) is 5. The SMILES string of the molecule is CCNc1nc(N(C)c2ccccc2)c2cn[nH]c2n1. The van der Waals surface area contributed by atoms with Crippen molar-refractivity contribution in [1.82, 2.24) is 20.2 Å². The van der Waals surface area contributed by atoms with Gasteiger partial charge in [-0.3, -0.25) is 5.10 Å². The van der Waals surface area contributed by atoms with Gasteiger partial charge in [0.2, 0.25) is 5.95 Å². The summed E-state index contributed by atoms with van der Waals surface area (Å²) in [5.74, 6) is 1.42. The van der Waals surface area contributed by atoms with E-state index < -0.39 is 0 Å². The van der Waals surface area contributed by atoms with Crippen molar-refractivity contribution in [3.8, 4) is 0 Å². The van der Waals surface area contributed by atoms with Crippen LogP contribution in [0.2, 0.25) is 0 Å². The highest BCUT2D eigenvalue weighted by Gasteiger charge is 2.14. The van der Waals surface area contributed by atoms with Crippen molar-refractivity contribution in [3.05, 3.63) is 36.5 Å². The summed E-state index contributed by atoms with van der Waals surface area (Å²) in [4.78, 5) is 11.0. The maximum absolute atomic E-state index is 4.58. The first-order chi connectivity index (χ1) is 9.79. The Kier molecular flexibility index (Phi) is 3.20. The molecule has 3 aromatic rings. The highest BCUT2D eigenvalue weighted by atomic mass is 15.2. The standard InChI is InChI=1S/C14H16N6/c1-3-15-14-17-12-11(9-16-19-12)13(18-14)20(2)10-7-5-4-6-8-10/h4-9H,3H2,1-2H3,(H2,15,16,17,18,19). The third-order valence-corrected chi connectivity index (χ3v) is 3.09. The largest absolute Gasteiger partial charge is 0.354 e. The summed E-state index contributed by atoms with van der Waals surface area (Å²) in [6.07, 6.45) is 1.75. The first kappa shape index (κ1) is 12.4. The number of benzene rings is 1. The van der Waals surface area contributed by atoms with E-state index in [1.54, 1.807) is 6.20 Å². The summed E-state index contributed by atoms with van der Waals surface area (Å²) in [7, 11) is 1.99. The van der Waals surface area contributed by atoms with Gasteiger partial charge in [-0.05, 0) is 19.1 Å². The highest BCUT2D eigenvalue weighted by molar-refractivity contribution is 5.89.